The number of benzene rings is 1. The monoisotopic (exact) mass is 216 g/mol. The molecule has 0 saturated heterocycles. The molecule has 1 aromatic rings. The molecule has 0 aliphatic carbocycles. The lowest BCUT2D eigenvalue weighted by Crippen LogP contribution is -2.05. The first-order chi connectivity index (χ1) is 6.06. The predicted molar refractivity (Wildman–Crippen MR) is 56.0 cm³/mol. The molecule has 0 aliphatic heterocycles. The van der Waals surface area contributed by atoms with Crippen molar-refractivity contribution in [1.29, 1.82) is 0 Å². The van der Waals surface area contributed by atoms with Crippen LogP contribution in [0.4, 0.5) is 0 Å². The van der Waals surface area contributed by atoms with Gasteiger partial charge >= 0.3 is 0 Å². The van der Waals surface area contributed by atoms with Crippen LogP contribution in [0.5, 0.6) is 0 Å². The van der Waals surface area contributed by atoms with Crippen LogP contribution >= 0.6 is 23.2 Å². The molecule has 0 N–H and O–H groups in total. The second-order valence-electron chi connectivity index (χ2n) is 2.97. The number of hydrogen-bond acceptors (Lipinski definition) is 1. The van der Waals surface area contributed by atoms with Crippen LogP contribution in [0.2, 0.25) is 5.02 Å². The highest BCUT2D eigenvalue weighted by Gasteiger charge is 2.11. The largest absolute Gasteiger partial charge is 0.293 e. The Bertz CT molecular complexity index is 322. The molecule has 0 fully saturated rings. The van der Waals surface area contributed by atoms with E-state index in [2.05, 4.69) is 0 Å². The topological polar surface area (TPSA) is 17.1 Å². The minimum atomic E-state index is -0.0478. The van der Waals surface area contributed by atoms with Crippen molar-refractivity contribution in [3.8, 4) is 0 Å². The van der Waals surface area contributed by atoms with E-state index >= 15 is 0 Å². The van der Waals surface area contributed by atoms with Crippen molar-refractivity contribution in [2.45, 2.75) is 13.8 Å². The van der Waals surface area contributed by atoms with Gasteiger partial charge in [0.2, 0.25) is 0 Å². The van der Waals surface area contributed by atoms with Crippen molar-refractivity contribution < 1.29 is 4.79 Å². The maximum Gasteiger partial charge on any atom is 0.178 e. The molecule has 13 heavy (non-hydrogen) atoms. The molecular formula is C10H10Cl2O. The summed E-state index contributed by atoms with van der Waals surface area (Å²) >= 11 is 11.3. The van der Waals surface area contributed by atoms with Crippen LogP contribution in [-0.4, -0.2) is 11.7 Å². The van der Waals surface area contributed by atoms with E-state index in [0.717, 1.165) is 11.1 Å². The molecule has 1 nitrogen and oxygen atoms in total. The molecule has 0 amide bonds. The van der Waals surface area contributed by atoms with Crippen molar-refractivity contribution in [1.82, 2.24) is 0 Å². The van der Waals surface area contributed by atoms with E-state index in [4.69, 9.17) is 23.2 Å². The van der Waals surface area contributed by atoms with E-state index in [1.54, 1.807) is 12.1 Å². The van der Waals surface area contributed by atoms with Gasteiger partial charge in [-0.1, -0.05) is 11.6 Å². The third-order valence-corrected chi connectivity index (χ3v) is 2.36. The zero-order chi connectivity index (χ0) is 10.0. The van der Waals surface area contributed by atoms with E-state index in [1.807, 2.05) is 13.8 Å². The van der Waals surface area contributed by atoms with Gasteiger partial charge in [-0.05, 0) is 37.1 Å². The summed E-state index contributed by atoms with van der Waals surface area (Å²) < 4.78 is 0. The predicted octanol–water partition coefficient (Wildman–Crippen LogP) is 3.38. The molecule has 1 rings (SSSR count). The van der Waals surface area contributed by atoms with Crippen LogP contribution in [0, 0.1) is 13.8 Å². The number of hydrogen-bond donors (Lipinski definition) is 0. The summed E-state index contributed by atoms with van der Waals surface area (Å²) in [6.07, 6.45) is 0. The highest BCUT2D eigenvalue weighted by molar-refractivity contribution is 6.32. The van der Waals surface area contributed by atoms with Gasteiger partial charge in [0.05, 0.1) is 5.88 Å². The molecule has 0 aliphatic rings. The quantitative estimate of drug-likeness (QED) is 0.548. The molecule has 1 aromatic carbocycles. The molecule has 0 saturated carbocycles. The number of halogens is 2. The lowest BCUT2D eigenvalue weighted by molar-refractivity contribution is 0.102. The Kier molecular flexibility index (Phi) is 3.34. The van der Waals surface area contributed by atoms with Gasteiger partial charge in [0.15, 0.2) is 5.78 Å². The van der Waals surface area contributed by atoms with E-state index in [0.29, 0.717) is 10.6 Å². The van der Waals surface area contributed by atoms with Gasteiger partial charge in [-0.3, -0.25) is 4.79 Å². The van der Waals surface area contributed by atoms with Crippen LogP contribution in [0.3, 0.4) is 0 Å². The van der Waals surface area contributed by atoms with Crippen LogP contribution in [0.1, 0.15) is 21.5 Å². The van der Waals surface area contributed by atoms with Gasteiger partial charge in [0, 0.05) is 10.6 Å². The number of carbonyl (C=O) groups excluding carboxylic acids is 1. The molecule has 0 atom stereocenters. The SMILES string of the molecule is Cc1cc(Cl)cc(C)c1C(=O)CCl. The number of ketones is 1. The van der Waals surface area contributed by atoms with Gasteiger partial charge in [-0.15, -0.1) is 11.6 Å². The first kappa shape index (κ1) is 10.6. The zero-order valence-corrected chi connectivity index (χ0v) is 9.04. The molecular weight excluding hydrogens is 207 g/mol. The lowest BCUT2D eigenvalue weighted by atomic mass is 10.00. The van der Waals surface area contributed by atoms with Crippen LogP contribution in [-0.2, 0) is 0 Å². The van der Waals surface area contributed by atoms with Crippen molar-refractivity contribution in [2.24, 2.45) is 0 Å². The number of carbonyl (C=O) groups is 1. The Morgan fingerprint density at radius 3 is 2.15 bits per heavy atom. The van der Waals surface area contributed by atoms with Crippen molar-refractivity contribution in [3.05, 3.63) is 33.8 Å². The average molecular weight is 217 g/mol. The van der Waals surface area contributed by atoms with Gasteiger partial charge < -0.3 is 0 Å². The maximum atomic E-state index is 11.4. The molecule has 0 heterocycles. The molecule has 0 radical (unpaired) electrons. The summed E-state index contributed by atoms with van der Waals surface area (Å²) in [6, 6.07) is 3.54. The van der Waals surface area contributed by atoms with E-state index in [-0.39, 0.29) is 11.7 Å². The highest BCUT2D eigenvalue weighted by Crippen LogP contribution is 2.20. The van der Waals surface area contributed by atoms with E-state index < -0.39 is 0 Å². The van der Waals surface area contributed by atoms with Gasteiger partial charge in [0.1, 0.15) is 0 Å². The Morgan fingerprint density at radius 2 is 1.77 bits per heavy atom. The summed E-state index contributed by atoms with van der Waals surface area (Å²) in [5, 5.41) is 0.654. The third kappa shape index (κ3) is 2.23. The smallest absolute Gasteiger partial charge is 0.178 e. The lowest BCUT2D eigenvalue weighted by Gasteiger charge is -2.07. The number of aryl methyl sites for hydroxylation is 2. The van der Waals surface area contributed by atoms with Gasteiger partial charge in [0.25, 0.3) is 0 Å². The number of alkyl halides is 1. The standard InChI is InChI=1S/C10H10Cl2O/c1-6-3-8(12)4-7(2)10(6)9(13)5-11/h3-4H,5H2,1-2H3. The summed E-state index contributed by atoms with van der Waals surface area (Å²) in [5.74, 6) is -0.0307. The molecule has 0 aromatic heterocycles. The van der Waals surface area contributed by atoms with Gasteiger partial charge in [-0.25, -0.2) is 0 Å². The third-order valence-electron chi connectivity index (χ3n) is 1.90. The Morgan fingerprint density at radius 1 is 1.31 bits per heavy atom. The summed E-state index contributed by atoms with van der Waals surface area (Å²) in [6.45, 7) is 3.72. The van der Waals surface area contributed by atoms with Crippen molar-refractivity contribution >= 4 is 29.0 Å². The Hall–Kier alpha value is -0.530. The molecule has 3 heteroatoms. The highest BCUT2D eigenvalue weighted by atomic mass is 35.5. The molecule has 0 unspecified atom stereocenters. The second kappa shape index (κ2) is 4.12. The number of rotatable bonds is 2. The number of Topliss-reactive ketones (excluding diaryl/α,β-unsaturated/α-hetero) is 1. The first-order valence-corrected chi connectivity index (χ1v) is 4.83. The normalized spacial score (nSPS) is 10.2. The summed E-state index contributed by atoms with van der Waals surface area (Å²) in [7, 11) is 0. The Balaban J connectivity index is 3.28. The van der Waals surface area contributed by atoms with Crippen molar-refractivity contribution in [3.63, 3.8) is 0 Å². The summed E-state index contributed by atoms with van der Waals surface area (Å²) in [5.41, 5.74) is 2.46. The van der Waals surface area contributed by atoms with E-state index in [9.17, 15) is 4.79 Å². The van der Waals surface area contributed by atoms with Crippen LogP contribution in [0.25, 0.3) is 0 Å². The van der Waals surface area contributed by atoms with E-state index in [1.165, 1.54) is 0 Å². The Labute approximate surface area is 87.7 Å². The summed E-state index contributed by atoms with van der Waals surface area (Å²) in [4.78, 5) is 11.4. The fourth-order valence-electron chi connectivity index (χ4n) is 1.42. The maximum absolute atomic E-state index is 11.4. The first-order valence-electron chi connectivity index (χ1n) is 3.92. The fraction of sp³-hybridized carbons (Fsp3) is 0.300. The zero-order valence-electron chi connectivity index (χ0n) is 7.53. The molecule has 70 valence electrons. The minimum absolute atomic E-state index is 0.0172. The average Bonchev–Trinajstić information content (AvgIpc) is 2.02. The second-order valence-corrected chi connectivity index (χ2v) is 3.68. The van der Waals surface area contributed by atoms with Crippen LogP contribution in [0.15, 0.2) is 12.1 Å². The van der Waals surface area contributed by atoms with Crippen LogP contribution < -0.4 is 0 Å². The molecule has 0 bridgehead atoms. The fourth-order valence-corrected chi connectivity index (χ4v) is 1.88. The van der Waals surface area contributed by atoms with Crippen molar-refractivity contribution in [2.75, 3.05) is 5.88 Å². The minimum Gasteiger partial charge on any atom is -0.293 e. The molecule has 0 spiro atoms. The van der Waals surface area contributed by atoms with Gasteiger partial charge in [-0.2, -0.15) is 0 Å².